The van der Waals surface area contributed by atoms with Gasteiger partial charge in [-0.25, -0.2) is 4.98 Å². The van der Waals surface area contributed by atoms with E-state index < -0.39 is 0 Å². The molecule has 0 spiro atoms. The molecule has 0 radical (unpaired) electrons. The van der Waals surface area contributed by atoms with Crippen LogP contribution in [0.15, 0.2) is 82.8 Å². The quantitative estimate of drug-likeness (QED) is 0.414. The van der Waals surface area contributed by atoms with E-state index in [1.165, 1.54) is 6.33 Å². The lowest BCUT2D eigenvalue weighted by molar-refractivity contribution is 0.0716. The average Bonchev–Trinajstić information content (AvgIpc) is 3.47. The minimum absolute atomic E-state index is 0.135. The van der Waals surface area contributed by atoms with Gasteiger partial charge in [-0.3, -0.25) is 9.89 Å². The van der Waals surface area contributed by atoms with Crippen molar-refractivity contribution in [1.29, 1.82) is 0 Å². The number of nitrogens with zero attached hydrogens (tertiary/aromatic N) is 3. The summed E-state index contributed by atoms with van der Waals surface area (Å²) in [4.78, 5) is 19.0. The van der Waals surface area contributed by atoms with Crippen molar-refractivity contribution in [2.24, 2.45) is 0 Å². The number of aromatic nitrogens is 3. The number of phenols is 1. The highest BCUT2D eigenvalue weighted by Gasteiger charge is 2.19. The maximum atomic E-state index is 13.2. The predicted molar refractivity (Wildman–Crippen MR) is 113 cm³/mol. The Kier molecular flexibility index (Phi) is 6.14. The van der Waals surface area contributed by atoms with Crippen LogP contribution in [0.4, 0.5) is 0 Å². The largest absolute Gasteiger partial charge is 0.508 e. The van der Waals surface area contributed by atoms with E-state index in [0.717, 1.165) is 16.5 Å². The van der Waals surface area contributed by atoms with Gasteiger partial charge in [0, 0.05) is 16.9 Å². The fourth-order valence-electron chi connectivity index (χ4n) is 2.98. The topological polar surface area (TPSA) is 95.3 Å². The van der Waals surface area contributed by atoms with Gasteiger partial charge in [0.1, 0.15) is 17.8 Å². The fourth-order valence-corrected chi connectivity index (χ4v) is 3.72. The van der Waals surface area contributed by atoms with Crippen LogP contribution in [0.1, 0.15) is 27.2 Å². The lowest BCUT2D eigenvalue weighted by Gasteiger charge is -2.22. The van der Waals surface area contributed by atoms with Crippen LogP contribution < -0.4 is 0 Å². The van der Waals surface area contributed by atoms with Gasteiger partial charge in [0.15, 0.2) is 5.16 Å². The summed E-state index contributed by atoms with van der Waals surface area (Å²) in [7, 11) is 0. The van der Waals surface area contributed by atoms with Crippen LogP contribution in [0.5, 0.6) is 5.75 Å². The second-order valence-electron chi connectivity index (χ2n) is 6.65. The zero-order valence-electron chi connectivity index (χ0n) is 16.1. The summed E-state index contributed by atoms with van der Waals surface area (Å²) >= 11 is 1.54. The van der Waals surface area contributed by atoms with Crippen molar-refractivity contribution in [3.63, 3.8) is 0 Å². The molecule has 2 heterocycles. The zero-order chi connectivity index (χ0) is 20.8. The molecule has 152 valence electrons. The molecule has 2 N–H and O–H groups in total. The van der Waals surface area contributed by atoms with Crippen LogP contribution in [-0.2, 0) is 18.8 Å². The van der Waals surface area contributed by atoms with E-state index in [4.69, 9.17) is 4.42 Å². The third-order valence-electron chi connectivity index (χ3n) is 4.54. The molecule has 0 saturated carbocycles. The highest BCUT2D eigenvalue weighted by Crippen LogP contribution is 2.22. The van der Waals surface area contributed by atoms with E-state index in [9.17, 15) is 9.90 Å². The first-order chi connectivity index (χ1) is 14.7. The third kappa shape index (κ3) is 4.90. The van der Waals surface area contributed by atoms with Crippen LogP contribution in [0.2, 0.25) is 0 Å². The Hall–Kier alpha value is -3.52. The number of para-hydroxylation sites is 1. The summed E-state index contributed by atoms with van der Waals surface area (Å²) in [6.07, 6.45) is 3.06. The van der Waals surface area contributed by atoms with E-state index in [2.05, 4.69) is 15.2 Å². The number of aromatic amines is 1. The molecule has 0 atom stereocenters. The lowest BCUT2D eigenvalue weighted by atomic mass is 10.1. The van der Waals surface area contributed by atoms with Crippen molar-refractivity contribution in [1.82, 2.24) is 20.1 Å². The minimum atomic E-state index is -0.135. The summed E-state index contributed by atoms with van der Waals surface area (Å²) < 4.78 is 5.43. The van der Waals surface area contributed by atoms with Crippen molar-refractivity contribution in [2.45, 2.75) is 24.0 Å². The van der Waals surface area contributed by atoms with Gasteiger partial charge in [-0.1, -0.05) is 42.1 Å². The van der Waals surface area contributed by atoms with Crippen LogP contribution in [0.3, 0.4) is 0 Å². The molecular weight excluding hydrogens is 400 g/mol. The highest BCUT2D eigenvalue weighted by atomic mass is 32.2. The molecule has 0 bridgehead atoms. The van der Waals surface area contributed by atoms with E-state index in [-0.39, 0.29) is 18.2 Å². The first-order valence-corrected chi connectivity index (χ1v) is 10.3. The standard InChI is InChI=1S/C22H20N4O3S/c27-20-6-2-1-4-18(20)12-26(13-19-5-3-11-29-19)21(28)17-9-7-16(8-10-17)14-30-22-23-15-24-25-22/h1-11,15,27H,12-14H2,(H,23,24,25). The first kappa shape index (κ1) is 19.8. The summed E-state index contributed by atoms with van der Waals surface area (Å²) in [5.74, 6) is 1.43. The maximum absolute atomic E-state index is 13.2. The molecule has 1 amide bonds. The number of amides is 1. The number of hydrogen-bond donors (Lipinski definition) is 2. The number of thioether (sulfide) groups is 1. The number of hydrogen-bond acceptors (Lipinski definition) is 6. The van der Waals surface area contributed by atoms with Gasteiger partial charge in [-0.15, -0.1) is 0 Å². The van der Waals surface area contributed by atoms with Gasteiger partial charge in [-0.05, 0) is 35.9 Å². The highest BCUT2D eigenvalue weighted by molar-refractivity contribution is 7.98. The van der Waals surface area contributed by atoms with Crippen molar-refractivity contribution in [3.05, 3.63) is 95.7 Å². The number of rotatable bonds is 8. The van der Waals surface area contributed by atoms with E-state index >= 15 is 0 Å². The second kappa shape index (κ2) is 9.32. The molecular formula is C22H20N4O3S. The Morgan fingerprint density at radius 2 is 1.90 bits per heavy atom. The van der Waals surface area contributed by atoms with E-state index in [1.807, 2.05) is 42.5 Å². The van der Waals surface area contributed by atoms with E-state index in [0.29, 0.717) is 23.4 Å². The van der Waals surface area contributed by atoms with Gasteiger partial charge in [0.05, 0.1) is 19.4 Å². The van der Waals surface area contributed by atoms with Gasteiger partial charge < -0.3 is 14.4 Å². The normalized spacial score (nSPS) is 10.8. The molecule has 7 nitrogen and oxygen atoms in total. The second-order valence-corrected chi connectivity index (χ2v) is 7.61. The SMILES string of the molecule is O=C(c1ccc(CSc2ncn[nH]2)cc1)N(Cc1ccco1)Cc1ccccc1O. The van der Waals surface area contributed by atoms with Crippen LogP contribution in [0.25, 0.3) is 0 Å². The number of furan rings is 1. The summed E-state index contributed by atoms with van der Waals surface area (Å²) in [6.45, 7) is 0.582. The molecule has 4 aromatic rings. The minimum Gasteiger partial charge on any atom is -0.508 e. The number of carbonyl (C=O) groups excluding carboxylic acids is 1. The average molecular weight is 420 g/mol. The Balaban J connectivity index is 1.49. The van der Waals surface area contributed by atoms with Gasteiger partial charge in [0.25, 0.3) is 5.91 Å². The Bertz CT molecular complexity index is 1080. The molecule has 0 unspecified atom stereocenters. The van der Waals surface area contributed by atoms with Crippen LogP contribution in [0, 0.1) is 0 Å². The summed E-state index contributed by atoms with van der Waals surface area (Å²) in [5, 5.41) is 17.5. The fraction of sp³-hybridized carbons (Fsp3) is 0.136. The number of aromatic hydroxyl groups is 1. The lowest BCUT2D eigenvalue weighted by Crippen LogP contribution is -2.30. The van der Waals surface area contributed by atoms with Crippen LogP contribution >= 0.6 is 11.8 Å². The van der Waals surface area contributed by atoms with Crippen molar-refractivity contribution >= 4 is 17.7 Å². The number of phenolic OH excluding ortho intramolecular Hbond substituents is 1. The molecule has 0 fully saturated rings. The van der Waals surface area contributed by atoms with E-state index in [1.54, 1.807) is 41.1 Å². The number of carbonyl (C=O) groups is 1. The summed E-state index contributed by atoms with van der Waals surface area (Å²) in [6, 6.07) is 18.1. The molecule has 2 aromatic carbocycles. The molecule has 30 heavy (non-hydrogen) atoms. The molecule has 0 aliphatic rings. The molecule has 8 heteroatoms. The third-order valence-corrected chi connectivity index (χ3v) is 5.48. The summed E-state index contributed by atoms with van der Waals surface area (Å²) in [5.41, 5.74) is 2.33. The van der Waals surface area contributed by atoms with Gasteiger partial charge >= 0.3 is 0 Å². The molecule has 0 saturated heterocycles. The Morgan fingerprint density at radius 1 is 1.07 bits per heavy atom. The van der Waals surface area contributed by atoms with Gasteiger partial charge in [0.2, 0.25) is 0 Å². The Labute approximate surface area is 177 Å². The molecule has 2 aromatic heterocycles. The molecule has 0 aliphatic carbocycles. The van der Waals surface area contributed by atoms with Crippen molar-refractivity contribution in [3.8, 4) is 5.75 Å². The maximum Gasteiger partial charge on any atom is 0.254 e. The number of nitrogens with one attached hydrogen (secondary N) is 1. The molecule has 0 aliphatic heterocycles. The van der Waals surface area contributed by atoms with Gasteiger partial charge in [-0.2, -0.15) is 5.10 Å². The van der Waals surface area contributed by atoms with Crippen molar-refractivity contribution in [2.75, 3.05) is 0 Å². The Morgan fingerprint density at radius 3 is 2.60 bits per heavy atom. The zero-order valence-corrected chi connectivity index (χ0v) is 16.9. The number of benzene rings is 2. The smallest absolute Gasteiger partial charge is 0.254 e. The first-order valence-electron chi connectivity index (χ1n) is 9.34. The van der Waals surface area contributed by atoms with Crippen LogP contribution in [-0.4, -0.2) is 31.1 Å². The number of H-pyrrole nitrogens is 1. The van der Waals surface area contributed by atoms with Crippen molar-refractivity contribution < 1.29 is 14.3 Å². The monoisotopic (exact) mass is 420 g/mol. The predicted octanol–water partition coefficient (Wildman–Crippen LogP) is 4.24. The molecule has 4 rings (SSSR count).